The van der Waals surface area contributed by atoms with Crippen LogP contribution in [0.3, 0.4) is 0 Å². The molecule has 6 heteroatoms. The minimum atomic E-state index is 0. The van der Waals surface area contributed by atoms with Crippen LogP contribution in [0.5, 0.6) is 0 Å². The molecule has 2 atom stereocenters. The Morgan fingerprint density at radius 1 is 0.774 bits per heavy atom. The molecular formula is C25H51CrN5. The number of allylic oxidation sites excluding steroid dienone is 1. The summed E-state index contributed by atoms with van der Waals surface area (Å²) in [5, 5.41) is 14.8. The van der Waals surface area contributed by atoms with Crippen molar-refractivity contribution >= 4 is 6.34 Å². The first-order valence-electron chi connectivity index (χ1n) is 12.7. The third-order valence-electron chi connectivity index (χ3n) is 5.33. The third kappa shape index (κ3) is 22.6. The first-order valence-corrected chi connectivity index (χ1v) is 12.7. The standard InChI is InChI=1S/C17H31N3.2C4H10N.Cr/c1-2-4-6-9-16(10-7-5-3-1)17-11-14-18-12-8-13-19-15-20-17;2*1-3-5-4-2;/h6,9,15-18H,1-5,7-8,10-14H2,(H,19,20);2*3-4H2,1-2H3;/q;2*-1;+2/b9-6-;;;. The summed E-state index contributed by atoms with van der Waals surface area (Å²) in [5.74, 6) is 0.632. The molecule has 0 spiro atoms. The van der Waals surface area contributed by atoms with Gasteiger partial charge in [-0.15, -0.1) is 0 Å². The van der Waals surface area contributed by atoms with E-state index in [1.165, 1.54) is 51.4 Å². The quantitative estimate of drug-likeness (QED) is 0.476. The van der Waals surface area contributed by atoms with Crippen LogP contribution in [-0.4, -0.2) is 58.2 Å². The van der Waals surface area contributed by atoms with Crippen LogP contribution >= 0.6 is 0 Å². The maximum atomic E-state index is 4.81. The Balaban J connectivity index is 0. The van der Waals surface area contributed by atoms with Crippen molar-refractivity contribution in [3.8, 4) is 0 Å². The second-order valence-corrected chi connectivity index (χ2v) is 7.84. The van der Waals surface area contributed by atoms with Crippen molar-refractivity contribution in [1.29, 1.82) is 0 Å². The number of rotatable bonds is 5. The zero-order valence-corrected chi connectivity index (χ0v) is 22.2. The normalized spacial score (nSPS) is 24.4. The molecule has 1 heterocycles. The Hall–Kier alpha value is -0.378. The molecule has 0 fully saturated rings. The molecule has 182 valence electrons. The van der Waals surface area contributed by atoms with Crippen LogP contribution < -0.4 is 10.6 Å². The van der Waals surface area contributed by atoms with Crippen LogP contribution in [0.4, 0.5) is 0 Å². The average molecular weight is 474 g/mol. The van der Waals surface area contributed by atoms with Gasteiger partial charge in [0.05, 0.1) is 12.4 Å². The molecule has 5 nitrogen and oxygen atoms in total. The second-order valence-electron chi connectivity index (χ2n) is 7.84. The van der Waals surface area contributed by atoms with E-state index in [1.807, 2.05) is 34.0 Å². The molecule has 0 radical (unpaired) electrons. The molecular weight excluding hydrogens is 422 g/mol. The van der Waals surface area contributed by atoms with Gasteiger partial charge in [-0.3, -0.25) is 4.99 Å². The van der Waals surface area contributed by atoms with Crippen LogP contribution in [0.1, 0.15) is 85.5 Å². The van der Waals surface area contributed by atoms with Crippen LogP contribution in [0.2, 0.25) is 0 Å². The number of hydrogen-bond acceptors (Lipinski definition) is 3. The summed E-state index contributed by atoms with van der Waals surface area (Å²) in [6, 6.07) is 0.448. The zero-order valence-electron chi connectivity index (χ0n) is 21.0. The number of hydrogen-bond donors (Lipinski definition) is 2. The third-order valence-corrected chi connectivity index (χ3v) is 5.33. The summed E-state index contributed by atoms with van der Waals surface area (Å²) in [5.41, 5.74) is 0. The number of nitrogens with zero attached hydrogens (tertiary/aromatic N) is 3. The first kappa shape index (κ1) is 32.8. The summed E-state index contributed by atoms with van der Waals surface area (Å²) in [6.07, 6.45) is 18.7. The molecule has 31 heavy (non-hydrogen) atoms. The van der Waals surface area contributed by atoms with Gasteiger partial charge in [-0.05, 0) is 51.1 Å². The molecule has 0 amide bonds. The molecule has 2 unspecified atom stereocenters. The number of aliphatic imine (C=N–C) groups is 1. The first-order chi connectivity index (χ1) is 14.8. The topological polar surface area (TPSA) is 64.6 Å². The molecule has 2 N–H and O–H groups in total. The Morgan fingerprint density at radius 3 is 2.06 bits per heavy atom. The SMILES string of the molecule is C1=C\C(C2CCNCCCN/C=N/2)CCCCCCC/1.CC[N-]CC.CC[N-]CC.[Cr+2]. The van der Waals surface area contributed by atoms with E-state index in [1.54, 1.807) is 0 Å². The van der Waals surface area contributed by atoms with Crippen LogP contribution in [0.15, 0.2) is 17.1 Å². The van der Waals surface area contributed by atoms with E-state index in [0.29, 0.717) is 12.0 Å². The summed E-state index contributed by atoms with van der Waals surface area (Å²) in [6.45, 7) is 15.3. The van der Waals surface area contributed by atoms with Gasteiger partial charge in [-0.25, -0.2) is 0 Å². The van der Waals surface area contributed by atoms with Gasteiger partial charge in [-0.1, -0.05) is 65.5 Å². The van der Waals surface area contributed by atoms with Crippen LogP contribution in [-0.2, 0) is 17.4 Å². The summed E-state index contributed by atoms with van der Waals surface area (Å²) in [4.78, 5) is 4.81. The molecule has 0 aromatic heterocycles. The van der Waals surface area contributed by atoms with Gasteiger partial charge in [0.25, 0.3) is 0 Å². The minimum absolute atomic E-state index is 0. The molecule has 2 aliphatic rings. The summed E-state index contributed by atoms with van der Waals surface area (Å²) >= 11 is 0. The molecule has 2 rings (SSSR count). The van der Waals surface area contributed by atoms with E-state index in [2.05, 4.69) is 33.4 Å². The summed E-state index contributed by atoms with van der Waals surface area (Å²) in [7, 11) is 0. The van der Waals surface area contributed by atoms with Crippen LogP contribution in [0.25, 0.3) is 10.6 Å². The van der Waals surface area contributed by atoms with E-state index in [9.17, 15) is 0 Å². The van der Waals surface area contributed by atoms with Gasteiger partial charge in [0.2, 0.25) is 0 Å². The second kappa shape index (κ2) is 27.7. The molecule has 1 aliphatic carbocycles. The van der Waals surface area contributed by atoms with Gasteiger partial charge >= 0.3 is 17.4 Å². The van der Waals surface area contributed by atoms with E-state index in [-0.39, 0.29) is 17.4 Å². The Morgan fingerprint density at radius 2 is 1.42 bits per heavy atom. The van der Waals surface area contributed by atoms with Crippen LogP contribution in [0, 0.1) is 5.92 Å². The molecule has 0 saturated heterocycles. The Kier molecular flexibility index (Phi) is 29.3. The Labute approximate surface area is 205 Å². The molecule has 0 aromatic carbocycles. The molecule has 0 aromatic rings. The number of nitrogens with one attached hydrogen (secondary N) is 2. The van der Waals surface area contributed by atoms with Gasteiger partial charge in [0.1, 0.15) is 0 Å². The van der Waals surface area contributed by atoms with Gasteiger partial charge in [-0.2, -0.15) is 26.2 Å². The van der Waals surface area contributed by atoms with Gasteiger partial charge < -0.3 is 21.3 Å². The van der Waals surface area contributed by atoms with Crippen molar-refractivity contribution < 1.29 is 17.4 Å². The van der Waals surface area contributed by atoms with E-state index < -0.39 is 0 Å². The molecule has 0 saturated carbocycles. The van der Waals surface area contributed by atoms with Crippen molar-refractivity contribution in [2.24, 2.45) is 10.9 Å². The predicted octanol–water partition coefficient (Wildman–Crippen LogP) is 6.07. The maximum absolute atomic E-state index is 4.81. The smallest absolute Gasteiger partial charge is 0.663 e. The monoisotopic (exact) mass is 473 g/mol. The van der Waals surface area contributed by atoms with E-state index in [4.69, 9.17) is 4.99 Å². The minimum Gasteiger partial charge on any atom is -0.663 e. The van der Waals surface area contributed by atoms with E-state index >= 15 is 0 Å². The van der Waals surface area contributed by atoms with Crippen molar-refractivity contribution in [1.82, 2.24) is 10.6 Å². The van der Waals surface area contributed by atoms with Gasteiger partial charge in [0, 0.05) is 6.54 Å². The fourth-order valence-corrected chi connectivity index (χ4v) is 3.61. The Bertz CT molecular complexity index is 350. The average Bonchev–Trinajstić information content (AvgIpc) is 2.78. The fraction of sp³-hybridized carbons (Fsp3) is 0.880. The largest absolute Gasteiger partial charge is 2.00 e. The maximum Gasteiger partial charge on any atom is 2.00 e. The van der Waals surface area contributed by atoms with E-state index in [0.717, 1.165) is 52.2 Å². The summed E-state index contributed by atoms with van der Waals surface area (Å²) < 4.78 is 0. The molecule has 0 bridgehead atoms. The predicted molar refractivity (Wildman–Crippen MR) is 136 cm³/mol. The van der Waals surface area contributed by atoms with Crippen molar-refractivity contribution in [2.45, 2.75) is 91.5 Å². The van der Waals surface area contributed by atoms with Crippen molar-refractivity contribution in [3.05, 3.63) is 22.8 Å². The molecule has 1 aliphatic heterocycles. The zero-order chi connectivity index (χ0) is 22.1. The van der Waals surface area contributed by atoms with Crippen molar-refractivity contribution in [2.75, 3.05) is 45.8 Å². The van der Waals surface area contributed by atoms with Gasteiger partial charge in [0.15, 0.2) is 0 Å². The van der Waals surface area contributed by atoms with Crippen molar-refractivity contribution in [3.63, 3.8) is 0 Å². The fourth-order valence-electron chi connectivity index (χ4n) is 3.61.